The van der Waals surface area contributed by atoms with Crippen molar-refractivity contribution in [3.05, 3.63) is 29.6 Å². The number of aromatic nitrogens is 6. The predicted octanol–water partition coefficient (Wildman–Crippen LogP) is 1.43. The van der Waals surface area contributed by atoms with Crippen LogP contribution in [0, 0.1) is 0 Å². The van der Waals surface area contributed by atoms with Gasteiger partial charge in [0.15, 0.2) is 17.0 Å². The fourth-order valence-corrected chi connectivity index (χ4v) is 2.03. The van der Waals surface area contributed by atoms with Crippen LogP contribution in [0.4, 0.5) is 5.82 Å². The number of nitrogens with zero attached hydrogens (tertiary/aromatic N) is 5. The molecule has 2 N–H and O–H groups in total. The van der Waals surface area contributed by atoms with E-state index >= 15 is 0 Å². The summed E-state index contributed by atoms with van der Waals surface area (Å²) in [5, 5.41) is 3.24. The van der Waals surface area contributed by atoms with Crippen molar-refractivity contribution in [3.8, 4) is 6.01 Å². The van der Waals surface area contributed by atoms with Gasteiger partial charge in [0.1, 0.15) is 12.9 Å². The highest BCUT2D eigenvalue weighted by Crippen LogP contribution is 2.23. The Kier molecular flexibility index (Phi) is 4.79. The number of ether oxygens (including phenoxy) is 2. The van der Waals surface area contributed by atoms with E-state index in [0.717, 1.165) is 5.69 Å². The molecule has 0 atom stereocenters. The first-order valence-electron chi connectivity index (χ1n) is 6.80. The molecule has 120 valence electrons. The molecule has 0 fully saturated rings. The summed E-state index contributed by atoms with van der Waals surface area (Å²) < 4.78 is 10.4. The van der Waals surface area contributed by atoms with Crippen molar-refractivity contribution >= 4 is 28.6 Å². The predicted molar refractivity (Wildman–Crippen MR) is 83.4 cm³/mol. The third-order valence-corrected chi connectivity index (χ3v) is 3.07. The molecule has 9 nitrogen and oxygen atoms in total. The number of imidazole rings is 1. The van der Waals surface area contributed by atoms with Crippen LogP contribution in [-0.2, 0) is 11.3 Å². The van der Waals surface area contributed by atoms with Crippen molar-refractivity contribution in [2.24, 2.45) is 0 Å². The lowest BCUT2D eigenvalue weighted by Gasteiger charge is -2.05. The Morgan fingerprint density at radius 1 is 1.26 bits per heavy atom. The van der Waals surface area contributed by atoms with Crippen LogP contribution in [0.3, 0.4) is 0 Å². The van der Waals surface area contributed by atoms with E-state index in [2.05, 4.69) is 35.2 Å². The van der Waals surface area contributed by atoms with Gasteiger partial charge in [0.25, 0.3) is 6.01 Å². The minimum atomic E-state index is 0.106. The van der Waals surface area contributed by atoms with Gasteiger partial charge in [0, 0.05) is 13.3 Å². The zero-order valence-corrected chi connectivity index (χ0v) is 13.0. The Morgan fingerprint density at radius 2 is 2.17 bits per heavy atom. The number of hydrogen-bond donors (Lipinski definition) is 2. The van der Waals surface area contributed by atoms with Crippen LogP contribution in [0.2, 0.25) is 5.28 Å². The average molecular weight is 336 g/mol. The van der Waals surface area contributed by atoms with Gasteiger partial charge >= 0.3 is 0 Å². The molecule has 0 aliphatic heterocycles. The van der Waals surface area contributed by atoms with E-state index in [4.69, 9.17) is 21.1 Å². The van der Waals surface area contributed by atoms with Crippen LogP contribution in [0.1, 0.15) is 5.69 Å². The molecule has 0 saturated heterocycles. The van der Waals surface area contributed by atoms with Gasteiger partial charge in [-0.1, -0.05) is 0 Å². The Morgan fingerprint density at radius 3 is 2.96 bits per heavy atom. The van der Waals surface area contributed by atoms with Gasteiger partial charge in [0.05, 0.1) is 18.8 Å². The van der Waals surface area contributed by atoms with Gasteiger partial charge in [-0.2, -0.15) is 15.0 Å². The molecule has 3 rings (SSSR count). The lowest BCUT2D eigenvalue weighted by atomic mass is 10.4. The topological polar surface area (TPSA) is 111 Å². The highest BCUT2D eigenvalue weighted by molar-refractivity contribution is 6.28. The second-order valence-corrected chi connectivity index (χ2v) is 4.81. The van der Waals surface area contributed by atoms with Crippen LogP contribution >= 0.6 is 11.6 Å². The van der Waals surface area contributed by atoms with Gasteiger partial charge < -0.3 is 14.8 Å². The number of H-pyrrole nitrogens is 1. The first-order valence-corrected chi connectivity index (χ1v) is 7.18. The number of anilines is 1. The summed E-state index contributed by atoms with van der Waals surface area (Å²) in [5.41, 5.74) is 1.84. The molecule has 0 radical (unpaired) electrons. The molecule has 3 aromatic heterocycles. The lowest BCUT2D eigenvalue weighted by molar-refractivity contribution is 0.141. The van der Waals surface area contributed by atoms with E-state index in [0.29, 0.717) is 42.8 Å². The molecule has 0 aromatic carbocycles. The lowest BCUT2D eigenvalue weighted by Crippen LogP contribution is -2.05. The van der Waals surface area contributed by atoms with Crippen molar-refractivity contribution in [1.82, 2.24) is 29.9 Å². The first kappa shape index (κ1) is 15.4. The molecule has 3 heterocycles. The second kappa shape index (κ2) is 7.16. The maximum Gasteiger partial charge on any atom is 0.296 e. The van der Waals surface area contributed by atoms with Crippen molar-refractivity contribution < 1.29 is 9.47 Å². The SMILES string of the molecule is COCCOc1nc2c(NCc3ccncn3)nc(Cl)nc2[nH]1. The van der Waals surface area contributed by atoms with Gasteiger partial charge in [-0.25, -0.2) is 9.97 Å². The van der Waals surface area contributed by atoms with Crippen LogP contribution in [-0.4, -0.2) is 50.2 Å². The molecule has 0 amide bonds. The molecule has 23 heavy (non-hydrogen) atoms. The van der Waals surface area contributed by atoms with Crippen LogP contribution in [0.5, 0.6) is 6.01 Å². The minimum absolute atomic E-state index is 0.106. The highest BCUT2D eigenvalue weighted by atomic mass is 35.5. The number of methoxy groups -OCH3 is 1. The van der Waals surface area contributed by atoms with E-state index in [1.807, 2.05) is 0 Å². The van der Waals surface area contributed by atoms with Crippen molar-refractivity contribution in [2.75, 3.05) is 25.6 Å². The number of nitrogens with one attached hydrogen (secondary N) is 2. The van der Waals surface area contributed by atoms with Crippen LogP contribution in [0.25, 0.3) is 11.2 Å². The summed E-state index contributed by atoms with van der Waals surface area (Å²) in [7, 11) is 1.60. The number of hydrogen-bond acceptors (Lipinski definition) is 8. The molecule has 0 spiro atoms. The smallest absolute Gasteiger partial charge is 0.296 e. The first-order chi connectivity index (χ1) is 11.3. The number of aromatic amines is 1. The van der Waals surface area contributed by atoms with Gasteiger partial charge in [-0.15, -0.1) is 0 Å². The highest BCUT2D eigenvalue weighted by Gasteiger charge is 2.13. The Balaban J connectivity index is 1.80. The third kappa shape index (κ3) is 3.82. The van der Waals surface area contributed by atoms with E-state index in [9.17, 15) is 0 Å². The molecule has 10 heteroatoms. The summed E-state index contributed by atoms with van der Waals surface area (Å²) in [6.07, 6.45) is 3.15. The molecule has 3 aromatic rings. The quantitative estimate of drug-likeness (QED) is 0.493. The van der Waals surface area contributed by atoms with E-state index < -0.39 is 0 Å². The van der Waals surface area contributed by atoms with Crippen LogP contribution < -0.4 is 10.1 Å². The summed E-state index contributed by atoms with van der Waals surface area (Å²) in [6, 6.07) is 2.13. The fourth-order valence-electron chi connectivity index (χ4n) is 1.86. The van der Waals surface area contributed by atoms with Crippen molar-refractivity contribution in [1.29, 1.82) is 0 Å². The second-order valence-electron chi connectivity index (χ2n) is 4.48. The van der Waals surface area contributed by atoms with Crippen molar-refractivity contribution in [3.63, 3.8) is 0 Å². The standard InChI is InChI=1S/C13H14ClN7O2/c1-22-4-5-23-13-18-9-10(19-12(14)20-11(9)21-13)16-6-8-2-3-15-7-17-8/h2-3,7H,4-6H2,1H3,(H2,16,18,19,20,21). The van der Waals surface area contributed by atoms with Crippen molar-refractivity contribution in [2.45, 2.75) is 6.54 Å². The Hall–Kier alpha value is -2.52. The summed E-state index contributed by atoms with van der Waals surface area (Å²) in [5.74, 6) is 0.497. The molecular weight excluding hydrogens is 322 g/mol. The van der Waals surface area contributed by atoms with Gasteiger partial charge in [-0.05, 0) is 17.7 Å². The van der Waals surface area contributed by atoms with E-state index in [1.54, 1.807) is 19.4 Å². The zero-order valence-electron chi connectivity index (χ0n) is 12.3. The number of fused-ring (bicyclic) bond motifs is 1. The fraction of sp³-hybridized carbons (Fsp3) is 0.308. The summed E-state index contributed by atoms with van der Waals surface area (Å²) in [6.45, 7) is 1.29. The molecule has 0 aliphatic carbocycles. The summed E-state index contributed by atoms with van der Waals surface area (Å²) >= 11 is 5.95. The minimum Gasteiger partial charge on any atom is -0.462 e. The maximum absolute atomic E-state index is 5.95. The third-order valence-electron chi connectivity index (χ3n) is 2.90. The molecule has 0 unspecified atom stereocenters. The Labute approximate surface area is 136 Å². The number of rotatable bonds is 7. The van der Waals surface area contributed by atoms with Crippen LogP contribution in [0.15, 0.2) is 18.6 Å². The summed E-state index contributed by atoms with van der Waals surface area (Å²) in [4.78, 5) is 23.5. The molecule has 0 aliphatic rings. The van der Waals surface area contributed by atoms with E-state index in [1.165, 1.54) is 6.33 Å². The molecule has 0 saturated carbocycles. The molecule has 0 bridgehead atoms. The normalized spacial score (nSPS) is 10.9. The zero-order chi connectivity index (χ0) is 16.1. The largest absolute Gasteiger partial charge is 0.462 e. The Bertz CT molecular complexity index is 781. The number of halogens is 1. The van der Waals surface area contributed by atoms with Gasteiger partial charge in [-0.3, -0.25) is 4.98 Å². The van der Waals surface area contributed by atoms with Gasteiger partial charge in [0.2, 0.25) is 5.28 Å². The monoisotopic (exact) mass is 335 g/mol. The average Bonchev–Trinajstić information content (AvgIpc) is 2.96. The van der Waals surface area contributed by atoms with E-state index in [-0.39, 0.29) is 5.28 Å². The maximum atomic E-state index is 5.95. The molecular formula is C13H14ClN7O2.